The van der Waals surface area contributed by atoms with Crippen LogP contribution in [0.3, 0.4) is 0 Å². The largest absolute Gasteiger partial charge is 0.492 e. The molecular weight excluding hydrogens is 414 g/mol. The number of rotatable bonds is 6. The Labute approximate surface area is 179 Å². The Balaban J connectivity index is 1.31. The lowest BCUT2D eigenvalue weighted by Gasteiger charge is -2.10. The molecule has 0 fully saturated rings. The normalized spacial score (nSPS) is 13.2. The maximum absolute atomic E-state index is 13.1. The van der Waals surface area contributed by atoms with Crippen molar-refractivity contribution in [1.29, 1.82) is 0 Å². The fourth-order valence-electron chi connectivity index (χ4n) is 3.75. The van der Waals surface area contributed by atoms with E-state index in [0.29, 0.717) is 42.8 Å². The smallest absolute Gasteiger partial charge is 0.210 e. The van der Waals surface area contributed by atoms with Crippen LogP contribution in [0.2, 0.25) is 0 Å². The number of carbonyl (C=O) groups is 1. The molecule has 1 aliphatic rings. The zero-order chi connectivity index (χ0) is 21.4. The number of pyridine rings is 1. The second-order valence-electron chi connectivity index (χ2n) is 7.45. The summed E-state index contributed by atoms with van der Waals surface area (Å²) in [5.41, 5.74) is 2.98. The van der Waals surface area contributed by atoms with Crippen LogP contribution in [0.1, 0.15) is 27.9 Å². The van der Waals surface area contributed by atoms with E-state index in [1.165, 1.54) is 0 Å². The lowest BCUT2D eigenvalue weighted by molar-refractivity contribution is 0.0982. The van der Waals surface area contributed by atoms with Gasteiger partial charge < -0.3 is 4.74 Å². The van der Waals surface area contributed by atoms with Gasteiger partial charge in [0.1, 0.15) is 10.6 Å². The molecule has 0 atom stereocenters. The Morgan fingerprint density at radius 1 is 1.10 bits per heavy atom. The number of fused-ring (bicyclic) bond motifs is 2. The fraction of sp³-hybridized carbons (Fsp3) is 0.174. The molecule has 31 heavy (non-hydrogen) atoms. The number of ketones is 1. The van der Waals surface area contributed by atoms with Crippen LogP contribution < -0.4 is 4.74 Å². The zero-order valence-corrected chi connectivity index (χ0v) is 17.4. The van der Waals surface area contributed by atoms with Crippen molar-refractivity contribution in [3.63, 3.8) is 0 Å². The van der Waals surface area contributed by atoms with Gasteiger partial charge in [0.2, 0.25) is 9.84 Å². The number of aromatic amines is 1. The molecule has 2 aromatic carbocycles. The summed E-state index contributed by atoms with van der Waals surface area (Å²) >= 11 is 0. The molecule has 0 aliphatic carbocycles. The highest BCUT2D eigenvalue weighted by atomic mass is 32.2. The van der Waals surface area contributed by atoms with Gasteiger partial charge in [0.25, 0.3) is 0 Å². The van der Waals surface area contributed by atoms with Crippen molar-refractivity contribution >= 4 is 26.7 Å². The first kappa shape index (κ1) is 19.4. The van der Waals surface area contributed by atoms with Gasteiger partial charge >= 0.3 is 0 Å². The SMILES string of the molecule is O=C(CCc1ccc(S(=O)(=O)c2cccc3c2OCC3)cc1)c1cnc2[nH]ncc2c1. The van der Waals surface area contributed by atoms with Crippen LogP contribution in [0.5, 0.6) is 5.75 Å². The number of hydrogen-bond acceptors (Lipinski definition) is 6. The Morgan fingerprint density at radius 3 is 2.77 bits per heavy atom. The van der Waals surface area contributed by atoms with Crippen LogP contribution in [0.25, 0.3) is 11.0 Å². The van der Waals surface area contributed by atoms with E-state index in [0.717, 1.165) is 16.5 Å². The molecular formula is C23H19N3O4S. The van der Waals surface area contributed by atoms with E-state index in [-0.39, 0.29) is 15.6 Å². The number of hydrogen-bond donors (Lipinski definition) is 1. The number of aryl methyl sites for hydroxylation is 1. The minimum Gasteiger partial charge on any atom is -0.492 e. The number of benzene rings is 2. The van der Waals surface area contributed by atoms with Crippen LogP contribution in [-0.2, 0) is 22.7 Å². The number of para-hydroxylation sites is 1. The highest BCUT2D eigenvalue weighted by Gasteiger charge is 2.26. The van der Waals surface area contributed by atoms with Gasteiger partial charge in [-0.2, -0.15) is 5.10 Å². The molecule has 1 N–H and O–H groups in total. The number of nitrogens with zero attached hydrogens (tertiary/aromatic N) is 2. The fourth-order valence-corrected chi connectivity index (χ4v) is 5.19. The molecule has 156 valence electrons. The summed E-state index contributed by atoms with van der Waals surface area (Å²) in [6.45, 7) is 0.498. The van der Waals surface area contributed by atoms with E-state index < -0.39 is 9.84 Å². The maximum Gasteiger partial charge on any atom is 0.210 e. The molecule has 4 aromatic rings. The summed E-state index contributed by atoms with van der Waals surface area (Å²) in [5, 5.41) is 7.45. The first-order valence-corrected chi connectivity index (χ1v) is 11.4. The average Bonchev–Trinajstić information content (AvgIpc) is 3.46. The second-order valence-corrected chi connectivity index (χ2v) is 9.36. The van der Waals surface area contributed by atoms with Gasteiger partial charge in [0.05, 0.1) is 17.7 Å². The van der Waals surface area contributed by atoms with Crippen molar-refractivity contribution < 1.29 is 17.9 Å². The average molecular weight is 433 g/mol. The molecule has 5 rings (SSSR count). The summed E-state index contributed by atoms with van der Waals surface area (Å²) in [6, 6.07) is 13.7. The first-order valence-electron chi connectivity index (χ1n) is 9.93. The summed E-state index contributed by atoms with van der Waals surface area (Å²) in [7, 11) is -3.68. The number of sulfone groups is 1. The third-order valence-electron chi connectivity index (χ3n) is 5.46. The molecule has 0 saturated carbocycles. The molecule has 3 heterocycles. The summed E-state index contributed by atoms with van der Waals surface area (Å²) < 4.78 is 31.7. The number of ether oxygens (including phenoxy) is 1. The molecule has 1 aliphatic heterocycles. The molecule has 0 radical (unpaired) electrons. The molecule has 0 amide bonds. The Bertz CT molecular complexity index is 1390. The summed E-state index contributed by atoms with van der Waals surface area (Å²) in [4.78, 5) is 17.1. The van der Waals surface area contributed by atoms with E-state index >= 15 is 0 Å². The number of Topliss-reactive ketones (excluding diaryl/α,β-unsaturated/α-hetero) is 1. The Kier molecular flexibility index (Phi) is 4.78. The lowest BCUT2D eigenvalue weighted by Crippen LogP contribution is -2.05. The van der Waals surface area contributed by atoms with E-state index in [2.05, 4.69) is 15.2 Å². The number of carbonyl (C=O) groups excluding carboxylic acids is 1. The van der Waals surface area contributed by atoms with Gasteiger partial charge in [0, 0.05) is 30.0 Å². The van der Waals surface area contributed by atoms with Gasteiger partial charge in [-0.1, -0.05) is 24.3 Å². The van der Waals surface area contributed by atoms with E-state index in [4.69, 9.17) is 4.74 Å². The van der Waals surface area contributed by atoms with Gasteiger partial charge in [0.15, 0.2) is 11.4 Å². The zero-order valence-electron chi connectivity index (χ0n) is 16.5. The second kappa shape index (κ2) is 7.63. The standard InChI is InChI=1S/C23H19N3O4S/c27-20(17-12-18-14-25-26-23(18)24-13-17)9-6-15-4-7-19(8-5-15)31(28,29)21-3-1-2-16-10-11-30-22(16)21/h1-5,7-8,12-14H,6,9-11H2,(H,24,25,26). The highest BCUT2D eigenvalue weighted by molar-refractivity contribution is 7.91. The number of H-pyrrole nitrogens is 1. The molecule has 0 saturated heterocycles. The van der Waals surface area contributed by atoms with E-state index in [9.17, 15) is 13.2 Å². The maximum atomic E-state index is 13.1. The minimum absolute atomic E-state index is 0.0238. The van der Waals surface area contributed by atoms with Gasteiger partial charge in [-0.05, 0) is 41.8 Å². The monoisotopic (exact) mass is 433 g/mol. The van der Waals surface area contributed by atoms with Gasteiger partial charge in [-0.3, -0.25) is 9.89 Å². The lowest BCUT2D eigenvalue weighted by atomic mass is 10.0. The van der Waals surface area contributed by atoms with E-state index in [1.807, 2.05) is 6.07 Å². The molecule has 0 spiro atoms. The predicted octanol–water partition coefficient (Wildman–Crippen LogP) is 3.54. The van der Waals surface area contributed by atoms with Crippen LogP contribution >= 0.6 is 0 Å². The van der Waals surface area contributed by atoms with Crippen LogP contribution in [0.4, 0.5) is 0 Å². The van der Waals surface area contributed by atoms with Crippen molar-refractivity contribution in [3.05, 3.63) is 77.6 Å². The van der Waals surface area contributed by atoms with Crippen LogP contribution in [0.15, 0.2) is 70.7 Å². The van der Waals surface area contributed by atoms with Crippen molar-refractivity contribution in [2.24, 2.45) is 0 Å². The number of nitrogens with one attached hydrogen (secondary N) is 1. The Hall–Kier alpha value is -3.52. The first-order chi connectivity index (χ1) is 15.0. The third kappa shape index (κ3) is 3.59. The molecule has 0 bridgehead atoms. The molecule has 0 unspecified atom stereocenters. The minimum atomic E-state index is -3.68. The topological polar surface area (TPSA) is 102 Å². The molecule has 2 aromatic heterocycles. The third-order valence-corrected chi connectivity index (χ3v) is 7.25. The van der Waals surface area contributed by atoms with Crippen LogP contribution in [0, 0.1) is 0 Å². The molecule has 8 heteroatoms. The van der Waals surface area contributed by atoms with Gasteiger partial charge in [-0.15, -0.1) is 0 Å². The predicted molar refractivity (Wildman–Crippen MR) is 114 cm³/mol. The van der Waals surface area contributed by atoms with Gasteiger partial charge in [-0.25, -0.2) is 13.4 Å². The van der Waals surface area contributed by atoms with E-state index in [1.54, 1.807) is 54.9 Å². The van der Waals surface area contributed by atoms with Crippen molar-refractivity contribution in [2.45, 2.75) is 29.1 Å². The Morgan fingerprint density at radius 2 is 1.94 bits per heavy atom. The van der Waals surface area contributed by atoms with Crippen molar-refractivity contribution in [3.8, 4) is 5.75 Å². The van der Waals surface area contributed by atoms with Crippen molar-refractivity contribution in [1.82, 2.24) is 15.2 Å². The highest BCUT2D eigenvalue weighted by Crippen LogP contribution is 2.35. The van der Waals surface area contributed by atoms with Crippen LogP contribution in [-0.4, -0.2) is 36.0 Å². The summed E-state index contributed by atoms with van der Waals surface area (Å²) in [6.07, 6.45) is 4.70. The van der Waals surface area contributed by atoms with Crippen molar-refractivity contribution in [2.75, 3.05) is 6.61 Å². The molecule has 7 nitrogen and oxygen atoms in total. The number of aromatic nitrogens is 3. The summed E-state index contributed by atoms with van der Waals surface area (Å²) in [5.74, 6) is 0.435. The quantitative estimate of drug-likeness (QED) is 0.467.